The van der Waals surface area contributed by atoms with Gasteiger partial charge in [0.25, 0.3) is 5.91 Å². The maximum Gasteiger partial charge on any atom is 0.251 e. The van der Waals surface area contributed by atoms with E-state index in [9.17, 15) is 4.79 Å². The van der Waals surface area contributed by atoms with Crippen LogP contribution >= 0.6 is 0 Å². The lowest BCUT2D eigenvalue weighted by molar-refractivity contribution is 0.0950. The highest BCUT2D eigenvalue weighted by molar-refractivity contribution is 5.94. The standard InChI is InChI=1S/C21H22N4O2/c1-27-18-10-8-15(9-11-18)20-23-19(24-25-20)13-22-21(26)17-7-6-14-4-2-3-5-16(14)12-17/h6-12H,2-5,13H2,1H3,(H,22,26)(H,23,24,25). The van der Waals surface area contributed by atoms with Gasteiger partial charge in [0.05, 0.1) is 13.7 Å². The molecule has 27 heavy (non-hydrogen) atoms. The molecule has 0 saturated heterocycles. The first-order valence-corrected chi connectivity index (χ1v) is 9.18. The van der Waals surface area contributed by atoms with E-state index in [0.29, 0.717) is 23.8 Å². The van der Waals surface area contributed by atoms with E-state index >= 15 is 0 Å². The summed E-state index contributed by atoms with van der Waals surface area (Å²) >= 11 is 0. The minimum atomic E-state index is -0.0919. The maximum absolute atomic E-state index is 12.5. The monoisotopic (exact) mass is 362 g/mol. The number of benzene rings is 2. The van der Waals surface area contributed by atoms with Crippen molar-refractivity contribution in [2.45, 2.75) is 32.2 Å². The summed E-state index contributed by atoms with van der Waals surface area (Å²) in [5, 5.41) is 10.0. The van der Waals surface area contributed by atoms with E-state index in [1.807, 2.05) is 36.4 Å². The number of hydrogen-bond donors (Lipinski definition) is 2. The number of aromatic amines is 1. The summed E-state index contributed by atoms with van der Waals surface area (Å²) in [6, 6.07) is 13.5. The molecule has 0 bridgehead atoms. The summed E-state index contributed by atoms with van der Waals surface area (Å²) < 4.78 is 5.16. The Morgan fingerprint density at radius 3 is 2.67 bits per heavy atom. The van der Waals surface area contributed by atoms with Crippen LogP contribution in [0.25, 0.3) is 11.4 Å². The Morgan fingerprint density at radius 1 is 1.11 bits per heavy atom. The molecule has 138 valence electrons. The van der Waals surface area contributed by atoms with E-state index in [2.05, 4.69) is 26.6 Å². The Labute approximate surface area is 158 Å². The molecule has 2 N–H and O–H groups in total. The molecule has 1 amide bonds. The highest BCUT2D eigenvalue weighted by Crippen LogP contribution is 2.22. The average Bonchev–Trinajstić information content (AvgIpc) is 3.21. The number of fused-ring (bicyclic) bond motifs is 1. The topological polar surface area (TPSA) is 79.9 Å². The number of methoxy groups -OCH3 is 1. The van der Waals surface area contributed by atoms with Gasteiger partial charge in [-0.25, -0.2) is 4.98 Å². The van der Waals surface area contributed by atoms with Crippen molar-refractivity contribution in [3.63, 3.8) is 0 Å². The molecular formula is C21H22N4O2. The Hall–Kier alpha value is -3.15. The van der Waals surface area contributed by atoms with Crippen LogP contribution in [-0.2, 0) is 19.4 Å². The van der Waals surface area contributed by atoms with Gasteiger partial charge in [-0.2, -0.15) is 5.10 Å². The van der Waals surface area contributed by atoms with Gasteiger partial charge < -0.3 is 10.1 Å². The third-order valence-electron chi connectivity index (χ3n) is 4.91. The summed E-state index contributed by atoms with van der Waals surface area (Å²) in [5.74, 6) is 1.90. The molecule has 0 atom stereocenters. The SMILES string of the molecule is COc1ccc(-c2n[nH]c(CNC(=O)c3ccc4c(c3)CCCC4)n2)cc1. The molecule has 1 aromatic heterocycles. The number of hydrogen-bond acceptors (Lipinski definition) is 4. The summed E-state index contributed by atoms with van der Waals surface area (Å²) in [5.41, 5.74) is 4.26. The lowest BCUT2D eigenvalue weighted by Gasteiger charge is -2.16. The first kappa shape index (κ1) is 17.3. The zero-order valence-corrected chi connectivity index (χ0v) is 15.3. The third kappa shape index (κ3) is 3.84. The number of ether oxygens (including phenoxy) is 1. The number of nitrogens with zero attached hydrogens (tertiary/aromatic N) is 2. The van der Waals surface area contributed by atoms with E-state index in [4.69, 9.17) is 4.74 Å². The molecule has 6 heteroatoms. The van der Waals surface area contributed by atoms with Gasteiger partial charge in [0.1, 0.15) is 11.6 Å². The molecule has 6 nitrogen and oxygen atoms in total. The van der Waals surface area contributed by atoms with E-state index in [1.54, 1.807) is 7.11 Å². The van der Waals surface area contributed by atoms with Crippen molar-refractivity contribution in [3.05, 3.63) is 65.0 Å². The normalized spacial score (nSPS) is 13.1. The van der Waals surface area contributed by atoms with Crippen LogP contribution in [0.4, 0.5) is 0 Å². The first-order chi connectivity index (χ1) is 13.2. The van der Waals surface area contributed by atoms with Crippen molar-refractivity contribution >= 4 is 5.91 Å². The molecule has 0 unspecified atom stereocenters. The lowest BCUT2D eigenvalue weighted by Crippen LogP contribution is -2.23. The molecule has 2 aromatic carbocycles. The van der Waals surface area contributed by atoms with Crippen molar-refractivity contribution in [3.8, 4) is 17.1 Å². The van der Waals surface area contributed by atoms with Crippen LogP contribution in [0.1, 0.15) is 40.2 Å². The number of carbonyl (C=O) groups is 1. The van der Waals surface area contributed by atoms with Gasteiger partial charge in [-0.15, -0.1) is 0 Å². The van der Waals surface area contributed by atoms with E-state index < -0.39 is 0 Å². The number of nitrogens with one attached hydrogen (secondary N) is 2. The molecule has 0 spiro atoms. The highest BCUT2D eigenvalue weighted by atomic mass is 16.5. The number of H-pyrrole nitrogens is 1. The van der Waals surface area contributed by atoms with Crippen LogP contribution in [0.2, 0.25) is 0 Å². The fraction of sp³-hybridized carbons (Fsp3) is 0.286. The van der Waals surface area contributed by atoms with Crippen LogP contribution in [0.3, 0.4) is 0 Å². The summed E-state index contributed by atoms with van der Waals surface area (Å²) in [6.07, 6.45) is 4.61. The van der Waals surface area contributed by atoms with E-state index in [0.717, 1.165) is 24.2 Å². The van der Waals surface area contributed by atoms with Crippen molar-refractivity contribution in [1.29, 1.82) is 0 Å². The molecule has 1 aliphatic carbocycles. The number of aryl methyl sites for hydroxylation is 2. The highest BCUT2D eigenvalue weighted by Gasteiger charge is 2.13. The summed E-state index contributed by atoms with van der Waals surface area (Å²) in [7, 11) is 1.63. The minimum absolute atomic E-state index is 0.0919. The van der Waals surface area contributed by atoms with Crippen LogP contribution in [0.5, 0.6) is 5.75 Å². The Morgan fingerprint density at radius 2 is 1.89 bits per heavy atom. The van der Waals surface area contributed by atoms with Crippen LogP contribution < -0.4 is 10.1 Å². The Balaban J connectivity index is 1.40. The predicted molar refractivity (Wildman–Crippen MR) is 103 cm³/mol. The Kier molecular flexibility index (Phi) is 4.87. The minimum Gasteiger partial charge on any atom is -0.497 e. The lowest BCUT2D eigenvalue weighted by atomic mass is 9.90. The van der Waals surface area contributed by atoms with Gasteiger partial charge in [0.15, 0.2) is 5.82 Å². The molecule has 0 fully saturated rings. The Bertz CT molecular complexity index is 947. The molecule has 1 heterocycles. The van der Waals surface area contributed by atoms with Crippen LogP contribution in [0.15, 0.2) is 42.5 Å². The average molecular weight is 362 g/mol. The second kappa shape index (κ2) is 7.61. The molecule has 4 rings (SSSR count). The van der Waals surface area contributed by atoms with Gasteiger partial charge in [-0.3, -0.25) is 9.89 Å². The second-order valence-corrected chi connectivity index (χ2v) is 6.71. The van der Waals surface area contributed by atoms with Crippen molar-refractivity contribution < 1.29 is 9.53 Å². The fourth-order valence-electron chi connectivity index (χ4n) is 3.38. The summed E-state index contributed by atoms with van der Waals surface area (Å²) in [6.45, 7) is 0.305. The van der Waals surface area contributed by atoms with Crippen molar-refractivity contribution in [2.75, 3.05) is 7.11 Å². The number of rotatable bonds is 5. The fourth-order valence-corrected chi connectivity index (χ4v) is 3.38. The van der Waals surface area contributed by atoms with Gasteiger partial charge in [0.2, 0.25) is 0 Å². The predicted octanol–water partition coefficient (Wildman–Crippen LogP) is 3.29. The largest absolute Gasteiger partial charge is 0.497 e. The smallest absolute Gasteiger partial charge is 0.251 e. The van der Waals surface area contributed by atoms with Gasteiger partial charge >= 0.3 is 0 Å². The molecule has 0 saturated carbocycles. The van der Waals surface area contributed by atoms with E-state index in [-0.39, 0.29) is 5.91 Å². The summed E-state index contributed by atoms with van der Waals surface area (Å²) in [4.78, 5) is 16.9. The van der Waals surface area contributed by atoms with Crippen molar-refractivity contribution in [2.24, 2.45) is 0 Å². The zero-order chi connectivity index (χ0) is 18.6. The maximum atomic E-state index is 12.5. The van der Waals surface area contributed by atoms with Gasteiger partial charge in [0, 0.05) is 11.1 Å². The quantitative estimate of drug-likeness (QED) is 0.730. The number of amides is 1. The van der Waals surface area contributed by atoms with Crippen molar-refractivity contribution in [1.82, 2.24) is 20.5 Å². The van der Waals surface area contributed by atoms with Gasteiger partial charge in [-0.1, -0.05) is 6.07 Å². The van der Waals surface area contributed by atoms with E-state index in [1.165, 1.54) is 24.0 Å². The first-order valence-electron chi connectivity index (χ1n) is 9.18. The molecule has 1 aliphatic rings. The van der Waals surface area contributed by atoms with Gasteiger partial charge in [-0.05, 0) is 73.2 Å². The molecule has 3 aromatic rings. The van der Waals surface area contributed by atoms with Crippen LogP contribution in [-0.4, -0.2) is 28.2 Å². The number of carbonyl (C=O) groups excluding carboxylic acids is 1. The van der Waals surface area contributed by atoms with Crippen LogP contribution in [0, 0.1) is 0 Å². The second-order valence-electron chi connectivity index (χ2n) is 6.71. The molecule has 0 radical (unpaired) electrons. The number of aromatic nitrogens is 3. The zero-order valence-electron chi connectivity index (χ0n) is 15.3. The third-order valence-corrected chi connectivity index (χ3v) is 4.91. The molecular weight excluding hydrogens is 340 g/mol. The molecule has 0 aliphatic heterocycles.